The van der Waals surface area contributed by atoms with E-state index >= 15 is 0 Å². The topological polar surface area (TPSA) is 98.5 Å². The molecule has 0 spiro atoms. The van der Waals surface area contributed by atoms with Crippen molar-refractivity contribution < 1.29 is 17.9 Å². The van der Waals surface area contributed by atoms with E-state index in [1.807, 2.05) is 6.92 Å². The van der Waals surface area contributed by atoms with E-state index in [2.05, 4.69) is 5.32 Å². The van der Waals surface area contributed by atoms with Crippen LogP contribution in [0.25, 0.3) is 0 Å². The first-order valence-corrected chi connectivity index (χ1v) is 7.89. The summed E-state index contributed by atoms with van der Waals surface area (Å²) in [7, 11) is -3.79. The zero-order chi connectivity index (χ0) is 14.9. The quantitative estimate of drug-likeness (QED) is 0.870. The molecule has 6 nitrogen and oxygen atoms in total. The summed E-state index contributed by atoms with van der Waals surface area (Å²) in [6.07, 6.45) is 0.349. The zero-order valence-corrected chi connectivity index (χ0v) is 12.2. The molecule has 110 valence electrons. The van der Waals surface area contributed by atoms with Crippen LogP contribution in [0, 0.1) is 12.8 Å². The van der Waals surface area contributed by atoms with Gasteiger partial charge in [-0.3, -0.25) is 4.79 Å². The maximum Gasteiger partial charge on any atom is 0.253 e. The molecular weight excluding hydrogens is 280 g/mol. The number of amides is 1. The fourth-order valence-corrected chi connectivity index (χ4v) is 2.69. The molecule has 1 heterocycles. The molecule has 20 heavy (non-hydrogen) atoms. The molecule has 1 fully saturated rings. The van der Waals surface area contributed by atoms with Crippen LogP contribution in [0.4, 0.5) is 5.69 Å². The predicted molar refractivity (Wildman–Crippen MR) is 74.7 cm³/mol. The van der Waals surface area contributed by atoms with Gasteiger partial charge < -0.3 is 10.1 Å². The Morgan fingerprint density at radius 2 is 2.15 bits per heavy atom. The minimum atomic E-state index is -3.79. The average molecular weight is 298 g/mol. The number of hydrogen-bond donors (Lipinski definition) is 2. The number of rotatable bonds is 3. The van der Waals surface area contributed by atoms with Crippen molar-refractivity contribution in [2.75, 3.05) is 11.9 Å². The summed E-state index contributed by atoms with van der Waals surface area (Å²) in [5.74, 6) is -0.110. The van der Waals surface area contributed by atoms with Crippen LogP contribution in [-0.4, -0.2) is 27.0 Å². The fourth-order valence-electron chi connectivity index (χ4n) is 2.15. The Bertz CT molecular complexity index is 627. The number of aryl methyl sites for hydroxylation is 1. The number of nitrogens with one attached hydrogen (secondary N) is 1. The molecule has 3 N–H and O–H groups in total. The van der Waals surface area contributed by atoms with Crippen molar-refractivity contribution in [3.05, 3.63) is 23.8 Å². The van der Waals surface area contributed by atoms with Crippen LogP contribution in [-0.2, 0) is 19.6 Å². The number of carbonyl (C=O) groups excluding carboxylic acids is 1. The maximum atomic E-state index is 12.1. The molecule has 7 heteroatoms. The summed E-state index contributed by atoms with van der Waals surface area (Å²) in [6.45, 7) is 4.29. The van der Waals surface area contributed by atoms with E-state index in [1.165, 1.54) is 12.1 Å². The molecule has 2 atom stereocenters. The SMILES string of the molecule is Cc1ccc(S(N)(=O)=O)cc1NC(=O)C1OCCC1C. The predicted octanol–water partition coefficient (Wildman–Crippen LogP) is 1.01. The second-order valence-electron chi connectivity index (χ2n) is 5.07. The third kappa shape index (κ3) is 3.17. The molecule has 0 aromatic heterocycles. The molecule has 1 aliphatic rings. The minimum absolute atomic E-state index is 0.0289. The fraction of sp³-hybridized carbons (Fsp3) is 0.462. The maximum absolute atomic E-state index is 12.1. The Balaban J connectivity index is 2.22. The standard InChI is InChI=1S/C13H18N2O4S/c1-8-3-4-10(20(14,17)18)7-11(8)15-13(16)12-9(2)5-6-19-12/h3-4,7,9,12H,5-6H2,1-2H3,(H,15,16)(H2,14,17,18). The van der Waals surface area contributed by atoms with Crippen LogP contribution < -0.4 is 10.5 Å². The number of anilines is 1. The Morgan fingerprint density at radius 3 is 2.70 bits per heavy atom. The van der Waals surface area contributed by atoms with Gasteiger partial charge >= 0.3 is 0 Å². The van der Waals surface area contributed by atoms with E-state index in [0.29, 0.717) is 12.3 Å². The van der Waals surface area contributed by atoms with Gasteiger partial charge in [0.25, 0.3) is 5.91 Å². The first kappa shape index (κ1) is 15.0. The number of benzene rings is 1. The van der Waals surface area contributed by atoms with E-state index in [9.17, 15) is 13.2 Å². The lowest BCUT2D eigenvalue weighted by Crippen LogP contribution is -2.31. The molecule has 0 bridgehead atoms. The summed E-state index contributed by atoms with van der Waals surface area (Å²) in [4.78, 5) is 12.1. The van der Waals surface area contributed by atoms with Gasteiger partial charge in [0.1, 0.15) is 6.10 Å². The van der Waals surface area contributed by atoms with Crippen molar-refractivity contribution in [1.29, 1.82) is 0 Å². The van der Waals surface area contributed by atoms with Crippen LogP contribution in [0.15, 0.2) is 23.1 Å². The normalized spacial score (nSPS) is 22.8. The molecule has 1 aromatic rings. The first-order valence-electron chi connectivity index (χ1n) is 6.35. The van der Waals surface area contributed by atoms with E-state index in [4.69, 9.17) is 9.88 Å². The van der Waals surface area contributed by atoms with Gasteiger partial charge in [-0.15, -0.1) is 0 Å². The highest BCUT2D eigenvalue weighted by atomic mass is 32.2. The Labute approximate surface area is 118 Å². The Morgan fingerprint density at radius 1 is 1.45 bits per heavy atom. The highest BCUT2D eigenvalue weighted by Gasteiger charge is 2.31. The van der Waals surface area contributed by atoms with Crippen molar-refractivity contribution in [1.82, 2.24) is 0 Å². The molecule has 1 aliphatic heterocycles. The number of primary sulfonamides is 1. The highest BCUT2D eigenvalue weighted by Crippen LogP contribution is 2.24. The van der Waals surface area contributed by atoms with Gasteiger partial charge in [0.05, 0.1) is 4.90 Å². The van der Waals surface area contributed by atoms with E-state index in [-0.39, 0.29) is 16.7 Å². The molecule has 2 rings (SSSR count). The van der Waals surface area contributed by atoms with Crippen LogP contribution >= 0.6 is 0 Å². The van der Waals surface area contributed by atoms with Crippen molar-refractivity contribution in [3.63, 3.8) is 0 Å². The van der Waals surface area contributed by atoms with Crippen LogP contribution in [0.2, 0.25) is 0 Å². The zero-order valence-electron chi connectivity index (χ0n) is 11.4. The van der Waals surface area contributed by atoms with Gasteiger partial charge in [-0.2, -0.15) is 0 Å². The molecule has 0 saturated carbocycles. The second-order valence-corrected chi connectivity index (χ2v) is 6.63. The third-order valence-electron chi connectivity index (χ3n) is 3.44. The molecule has 1 saturated heterocycles. The van der Waals surface area contributed by atoms with Crippen molar-refractivity contribution in [3.8, 4) is 0 Å². The number of hydrogen-bond acceptors (Lipinski definition) is 4. The van der Waals surface area contributed by atoms with Gasteiger partial charge in [0.2, 0.25) is 10.0 Å². The van der Waals surface area contributed by atoms with E-state index < -0.39 is 16.1 Å². The molecule has 2 unspecified atom stereocenters. The molecule has 0 aliphatic carbocycles. The summed E-state index contributed by atoms with van der Waals surface area (Å²) in [5, 5.41) is 7.80. The average Bonchev–Trinajstić information content (AvgIpc) is 2.77. The lowest BCUT2D eigenvalue weighted by Gasteiger charge is -2.16. The van der Waals surface area contributed by atoms with Crippen LogP contribution in [0.3, 0.4) is 0 Å². The summed E-state index contributed by atoms with van der Waals surface area (Å²) in [6, 6.07) is 4.38. The van der Waals surface area contributed by atoms with Gasteiger partial charge in [-0.05, 0) is 37.0 Å². The number of carbonyl (C=O) groups is 1. The van der Waals surface area contributed by atoms with Gasteiger partial charge in [-0.1, -0.05) is 13.0 Å². The van der Waals surface area contributed by atoms with Gasteiger partial charge in [0.15, 0.2) is 0 Å². The van der Waals surface area contributed by atoms with Crippen molar-refractivity contribution >= 4 is 21.6 Å². The highest BCUT2D eigenvalue weighted by molar-refractivity contribution is 7.89. The molecule has 1 amide bonds. The molecule has 1 aromatic carbocycles. The Hall–Kier alpha value is -1.44. The van der Waals surface area contributed by atoms with E-state index in [1.54, 1.807) is 13.0 Å². The molecule has 0 radical (unpaired) electrons. The van der Waals surface area contributed by atoms with Crippen LogP contribution in [0.1, 0.15) is 18.9 Å². The van der Waals surface area contributed by atoms with Gasteiger partial charge in [-0.25, -0.2) is 13.6 Å². The summed E-state index contributed by atoms with van der Waals surface area (Å²) in [5.41, 5.74) is 1.20. The van der Waals surface area contributed by atoms with Gasteiger partial charge in [0, 0.05) is 12.3 Å². The lowest BCUT2D eigenvalue weighted by molar-refractivity contribution is -0.126. The minimum Gasteiger partial charge on any atom is -0.368 e. The first-order chi connectivity index (χ1) is 9.29. The van der Waals surface area contributed by atoms with E-state index in [0.717, 1.165) is 12.0 Å². The number of sulfonamides is 1. The smallest absolute Gasteiger partial charge is 0.253 e. The van der Waals surface area contributed by atoms with Crippen molar-refractivity contribution in [2.45, 2.75) is 31.3 Å². The second kappa shape index (κ2) is 5.51. The third-order valence-corrected chi connectivity index (χ3v) is 4.35. The number of nitrogens with two attached hydrogens (primary N) is 1. The lowest BCUT2D eigenvalue weighted by atomic mass is 10.0. The number of ether oxygens (including phenoxy) is 1. The Kier molecular flexibility index (Phi) is 4.12. The summed E-state index contributed by atoms with van der Waals surface area (Å²) < 4.78 is 28.0. The molecular formula is C13H18N2O4S. The van der Waals surface area contributed by atoms with Crippen LogP contribution in [0.5, 0.6) is 0 Å². The summed E-state index contributed by atoms with van der Waals surface area (Å²) >= 11 is 0. The van der Waals surface area contributed by atoms with Crippen molar-refractivity contribution in [2.24, 2.45) is 11.1 Å². The largest absolute Gasteiger partial charge is 0.368 e. The monoisotopic (exact) mass is 298 g/mol.